The molecule has 0 aliphatic carbocycles. The highest BCUT2D eigenvalue weighted by Crippen LogP contribution is 2.28. The van der Waals surface area contributed by atoms with Crippen LogP contribution in [0.25, 0.3) is 0 Å². The summed E-state index contributed by atoms with van der Waals surface area (Å²) in [4.78, 5) is 20.2. The van der Waals surface area contributed by atoms with Crippen molar-refractivity contribution in [1.82, 2.24) is 9.97 Å². The molecule has 2 heterocycles. The lowest BCUT2D eigenvalue weighted by atomic mass is 10.1. The average molecular weight is 223 g/mol. The maximum atomic E-state index is 10.8. The molecule has 0 radical (unpaired) electrons. The van der Waals surface area contributed by atoms with Gasteiger partial charge in [-0.05, 0) is 19.3 Å². The number of carboxylic acid groups (broad SMARTS) is 1. The number of aromatic carboxylic acids is 1. The molecule has 6 nitrogen and oxygen atoms in total. The van der Waals surface area contributed by atoms with Crippen molar-refractivity contribution in [3.8, 4) is 5.75 Å². The van der Waals surface area contributed by atoms with Gasteiger partial charge < -0.3 is 15.1 Å². The molecular formula is C10H13N3O3. The van der Waals surface area contributed by atoms with Gasteiger partial charge >= 0.3 is 5.97 Å². The Kier molecular flexibility index (Phi) is 2.89. The summed E-state index contributed by atoms with van der Waals surface area (Å²) in [5.41, 5.74) is -0.337. The Balaban J connectivity index is 2.33. The summed E-state index contributed by atoms with van der Waals surface area (Å²) in [6.45, 7) is 1.59. The quantitative estimate of drug-likeness (QED) is 0.773. The minimum Gasteiger partial charge on any atom is -0.503 e. The van der Waals surface area contributed by atoms with E-state index >= 15 is 0 Å². The molecule has 0 spiro atoms. The van der Waals surface area contributed by atoms with Crippen LogP contribution in [0, 0.1) is 0 Å². The molecule has 2 rings (SSSR count). The van der Waals surface area contributed by atoms with Crippen LogP contribution in [0.3, 0.4) is 0 Å². The summed E-state index contributed by atoms with van der Waals surface area (Å²) in [7, 11) is 0. The Labute approximate surface area is 92.6 Å². The average Bonchev–Trinajstić information content (AvgIpc) is 2.30. The Hall–Kier alpha value is -1.85. The number of hydrogen-bond donors (Lipinski definition) is 2. The molecule has 6 heteroatoms. The Bertz CT molecular complexity index is 402. The van der Waals surface area contributed by atoms with E-state index in [1.54, 1.807) is 0 Å². The van der Waals surface area contributed by atoms with E-state index < -0.39 is 5.97 Å². The van der Waals surface area contributed by atoms with Crippen molar-refractivity contribution in [3.05, 3.63) is 12.0 Å². The standard InChI is InChI=1S/C10H13N3O3/c14-8-7(10(15)16)11-6-12-9(8)13-4-2-1-3-5-13/h6,14H,1-5H2,(H,15,16). The second kappa shape index (κ2) is 4.34. The Morgan fingerprint density at radius 3 is 2.56 bits per heavy atom. The fourth-order valence-electron chi connectivity index (χ4n) is 1.86. The lowest BCUT2D eigenvalue weighted by molar-refractivity contribution is 0.0686. The van der Waals surface area contributed by atoms with Crippen LogP contribution in [-0.2, 0) is 0 Å². The van der Waals surface area contributed by atoms with Gasteiger partial charge in [0.15, 0.2) is 17.3 Å². The molecule has 0 unspecified atom stereocenters. The first kappa shape index (κ1) is 10.7. The molecule has 0 amide bonds. The predicted molar refractivity (Wildman–Crippen MR) is 56.7 cm³/mol. The lowest BCUT2D eigenvalue weighted by Crippen LogP contribution is -2.30. The molecule has 2 N–H and O–H groups in total. The van der Waals surface area contributed by atoms with E-state index in [9.17, 15) is 9.90 Å². The second-order valence-electron chi connectivity index (χ2n) is 3.75. The number of anilines is 1. The lowest BCUT2D eigenvalue weighted by Gasteiger charge is -2.28. The van der Waals surface area contributed by atoms with Gasteiger partial charge in [0.2, 0.25) is 0 Å². The molecule has 0 bridgehead atoms. The smallest absolute Gasteiger partial charge is 0.358 e. The van der Waals surface area contributed by atoms with Crippen molar-refractivity contribution >= 4 is 11.8 Å². The third kappa shape index (κ3) is 1.91. The van der Waals surface area contributed by atoms with Gasteiger partial charge in [-0.1, -0.05) is 0 Å². The maximum absolute atomic E-state index is 10.8. The van der Waals surface area contributed by atoms with Gasteiger partial charge in [-0.3, -0.25) is 0 Å². The first-order chi connectivity index (χ1) is 7.70. The van der Waals surface area contributed by atoms with Gasteiger partial charge in [-0.15, -0.1) is 0 Å². The zero-order chi connectivity index (χ0) is 11.5. The van der Waals surface area contributed by atoms with Crippen LogP contribution < -0.4 is 4.90 Å². The summed E-state index contributed by atoms with van der Waals surface area (Å²) in [5.74, 6) is -1.25. The zero-order valence-corrected chi connectivity index (χ0v) is 8.76. The van der Waals surface area contributed by atoms with Crippen molar-refractivity contribution < 1.29 is 15.0 Å². The van der Waals surface area contributed by atoms with E-state index in [0.717, 1.165) is 32.4 Å². The van der Waals surface area contributed by atoms with Crippen molar-refractivity contribution in [2.75, 3.05) is 18.0 Å². The summed E-state index contributed by atoms with van der Waals surface area (Å²) in [6.07, 6.45) is 4.40. The van der Waals surface area contributed by atoms with Crippen LogP contribution in [0.15, 0.2) is 6.33 Å². The summed E-state index contributed by atoms with van der Waals surface area (Å²) in [5, 5.41) is 18.6. The highest BCUT2D eigenvalue weighted by molar-refractivity contribution is 5.90. The largest absolute Gasteiger partial charge is 0.503 e. The van der Waals surface area contributed by atoms with Crippen LogP contribution in [0.1, 0.15) is 29.8 Å². The first-order valence-corrected chi connectivity index (χ1v) is 5.22. The van der Waals surface area contributed by atoms with Crippen molar-refractivity contribution in [2.24, 2.45) is 0 Å². The number of aromatic nitrogens is 2. The molecule has 1 aliphatic heterocycles. The molecular weight excluding hydrogens is 210 g/mol. The van der Waals surface area contributed by atoms with E-state index in [4.69, 9.17) is 5.11 Å². The third-order valence-corrected chi connectivity index (χ3v) is 2.66. The van der Waals surface area contributed by atoms with Crippen molar-refractivity contribution in [3.63, 3.8) is 0 Å². The fraction of sp³-hybridized carbons (Fsp3) is 0.500. The Morgan fingerprint density at radius 2 is 1.94 bits per heavy atom. The van der Waals surface area contributed by atoms with Gasteiger partial charge in [-0.2, -0.15) is 0 Å². The number of piperidine rings is 1. The molecule has 1 aliphatic rings. The zero-order valence-electron chi connectivity index (χ0n) is 8.76. The molecule has 0 saturated carbocycles. The molecule has 16 heavy (non-hydrogen) atoms. The van der Waals surface area contributed by atoms with E-state index in [-0.39, 0.29) is 11.4 Å². The number of carbonyl (C=O) groups is 1. The van der Waals surface area contributed by atoms with Crippen LogP contribution in [0.2, 0.25) is 0 Å². The van der Waals surface area contributed by atoms with E-state index in [1.807, 2.05) is 4.90 Å². The van der Waals surface area contributed by atoms with E-state index in [2.05, 4.69) is 9.97 Å². The Morgan fingerprint density at radius 1 is 1.25 bits per heavy atom. The number of carboxylic acids is 1. The van der Waals surface area contributed by atoms with Gasteiger partial charge in [-0.25, -0.2) is 14.8 Å². The minimum atomic E-state index is -1.24. The summed E-state index contributed by atoms with van der Waals surface area (Å²) >= 11 is 0. The first-order valence-electron chi connectivity index (χ1n) is 5.22. The van der Waals surface area contributed by atoms with Gasteiger partial charge in [0.05, 0.1) is 0 Å². The van der Waals surface area contributed by atoms with Gasteiger partial charge in [0, 0.05) is 13.1 Å². The fourth-order valence-corrected chi connectivity index (χ4v) is 1.86. The molecule has 1 aromatic rings. The van der Waals surface area contributed by atoms with Crippen molar-refractivity contribution in [1.29, 1.82) is 0 Å². The molecule has 1 fully saturated rings. The van der Waals surface area contributed by atoms with E-state index in [0.29, 0.717) is 5.82 Å². The molecule has 0 aromatic carbocycles. The third-order valence-electron chi connectivity index (χ3n) is 2.66. The monoisotopic (exact) mass is 223 g/mol. The van der Waals surface area contributed by atoms with Crippen molar-refractivity contribution in [2.45, 2.75) is 19.3 Å². The molecule has 1 aromatic heterocycles. The van der Waals surface area contributed by atoms with Crippen LogP contribution in [-0.4, -0.2) is 39.2 Å². The SMILES string of the molecule is O=C(O)c1ncnc(N2CCCCC2)c1O. The van der Waals surface area contributed by atoms with Crippen LogP contribution >= 0.6 is 0 Å². The number of nitrogens with zero attached hydrogens (tertiary/aromatic N) is 3. The predicted octanol–water partition coefficient (Wildman–Crippen LogP) is 0.871. The molecule has 1 saturated heterocycles. The summed E-state index contributed by atoms with van der Waals surface area (Å²) < 4.78 is 0. The number of hydrogen-bond acceptors (Lipinski definition) is 5. The summed E-state index contributed by atoms with van der Waals surface area (Å²) in [6, 6.07) is 0. The minimum absolute atomic E-state index is 0.326. The number of rotatable bonds is 2. The molecule has 86 valence electrons. The van der Waals surface area contributed by atoms with Gasteiger partial charge in [0.1, 0.15) is 6.33 Å². The number of aromatic hydroxyl groups is 1. The highest BCUT2D eigenvalue weighted by atomic mass is 16.4. The van der Waals surface area contributed by atoms with Crippen LogP contribution in [0.4, 0.5) is 5.82 Å². The second-order valence-corrected chi connectivity index (χ2v) is 3.75. The topological polar surface area (TPSA) is 86.5 Å². The van der Waals surface area contributed by atoms with E-state index in [1.165, 1.54) is 6.33 Å². The highest BCUT2D eigenvalue weighted by Gasteiger charge is 2.21. The maximum Gasteiger partial charge on any atom is 0.358 e. The normalized spacial score (nSPS) is 16.1. The van der Waals surface area contributed by atoms with Gasteiger partial charge in [0.25, 0.3) is 0 Å². The van der Waals surface area contributed by atoms with Crippen LogP contribution in [0.5, 0.6) is 5.75 Å². The molecule has 0 atom stereocenters.